The molecule has 0 radical (unpaired) electrons. The minimum absolute atomic E-state index is 0.203. The van der Waals surface area contributed by atoms with Crippen molar-refractivity contribution >= 4 is 25.3 Å². The van der Waals surface area contributed by atoms with Crippen LogP contribution in [0.5, 0.6) is 0 Å². The number of thiol groups is 2. The van der Waals surface area contributed by atoms with Gasteiger partial charge in [-0.2, -0.15) is 0 Å². The zero-order chi connectivity index (χ0) is 6.85. The van der Waals surface area contributed by atoms with Crippen LogP contribution >= 0.6 is 25.3 Å². The molecule has 1 aromatic heterocycles. The molecule has 0 fully saturated rings. The molecule has 1 rings (SSSR count). The molecule has 1 N–H and O–H groups in total. The summed E-state index contributed by atoms with van der Waals surface area (Å²) >= 11 is 7.86. The van der Waals surface area contributed by atoms with E-state index in [2.05, 4.69) is 30.2 Å². The van der Waals surface area contributed by atoms with Gasteiger partial charge >= 0.3 is 0 Å². The van der Waals surface area contributed by atoms with E-state index >= 15 is 0 Å². The summed E-state index contributed by atoms with van der Waals surface area (Å²) in [5.41, 5.74) is -0.203. The number of pyridine rings is 1. The molecule has 0 unspecified atom stereocenters. The smallest absolute Gasteiger partial charge is 0.262 e. The summed E-state index contributed by atoms with van der Waals surface area (Å²) in [7, 11) is 0. The number of nitrogens with one attached hydrogen (secondary N) is 1. The Kier molecular flexibility index (Phi) is 1.87. The van der Waals surface area contributed by atoms with Gasteiger partial charge in [0.15, 0.2) is 0 Å². The molecule has 0 amide bonds. The predicted molar refractivity (Wildman–Crippen MR) is 41.6 cm³/mol. The van der Waals surface area contributed by atoms with Crippen molar-refractivity contribution < 1.29 is 0 Å². The second-order valence-corrected chi connectivity index (χ2v) is 2.47. The maximum atomic E-state index is 10.7. The van der Waals surface area contributed by atoms with E-state index in [-0.39, 0.29) is 5.56 Å². The fraction of sp³-hybridized carbons (Fsp3) is 0. The lowest BCUT2D eigenvalue weighted by atomic mass is 10.5. The van der Waals surface area contributed by atoms with Crippen LogP contribution in [0.1, 0.15) is 0 Å². The van der Waals surface area contributed by atoms with Gasteiger partial charge in [0.25, 0.3) is 5.56 Å². The molecule has 0 aliphatic rings. The molecule has 1 heterocycles. The van der Waals surface area contributed by atoms with E-state index in [1.165, 1.54) is 6.20 Å². The molecular weight excluding hydrogens is 154 g/mol. The third-order valence-corrected chi connectivity index (χ3v) is 1.91. The first-order chi connectivity index (χ1) is 4.22. The van der Waals surface area contributed by atoms with Crippen LogP contribution < -0.4 is 5.56 Å². The summed E-state index contributed by atoms with van der Waals surface area (Å²) in [6, 6.07) is 1.67. The summed E-state index contributed by atoms with van der Waals surface area (Å²) in [4.78, 5) is 14.1. The summed E-state index contributed by atoms with van der Waals surface area (Å²) in [6.07, 6.45) is 1.53. The Morgan fingerprint density at radius 2 is 2.11 bits per heavy atom. The van der Waals surface area contributed by atoms with Crippen molar-refractivity contribution in [1.82, 2.24) is 4.98 Å². The molecule has 0 bridgehead atoms. The van der Waals surface area contributed by atoms with Gasteiger partial charge in [-0.3, -0.25) is 4.79 Å². The van der Waals surface area contributed by atoms with Crippen LogP contribution in [0.2, 0.25) is 0 Å². The van der Waals surface area contributed by atoms with Crippen LogP contribution in [0.25, 0.3) is 0 Å². The standard InChI is InChI=1S/C5H5NOS2/c7-5-4(9)3(8)1-2-6-5/h1-2,9H,(H2,6,7,8). The Morgan fingerprint density at radius 3 is 2.56 bits per heavy atom. The van der Waals surface area contributed by atoms with Gasteiger partial charge in [0.1, 0.15) is 0 Å². The van der Waals surface area contributed by atoms with Crippen LogP contribution in [-0.2, 0) is 0 Å². The monoisotopic (exact) mass is 159 g/mol. The van der Waals surface area contributed by atoms with Crippen molar-refractivity contribution in [2.75, 3.05) is 0 Å². The minimum atomic E-state index is -0.203. The van der Waals surface area contributed by atoms with Gasteiger partial charge < -0.3 is 4.98 Å². The van der Waals surface area contributed by atoms with Gasteiger partial charge in [0.2, 0.25) is 0 Å². The van der Waals surface area contributed by atoms with Crippen molar-refractivity contribution in [1.29, 1.82) is 0 Å². The van der Waals surface area contributed by atoms with Gasteiger partial charge in [-0.25, -0.2) is 0 Å². The molecule has 0 aliphatic carbocycles. The molecule has 0 spiro atoms. The molecule has 48 valence electrons. The third-order valence-electron chi connectivity index (χ3n) is 0.913. The highest BCUT2D eigenvalue weighted by Gasteiger charge is 1.94. The Bertz CT molecular complexity index is 268. The van der Waals surface area contributed by atoms with Gasteiger partial charge in [-0.1, -0.05) is 0 Å². The van der Waals surface area contributed by atoms with E-state index < -0.39 is 0 Å². The molecule has 2 nitrogen and oxygen atoms in total. The van der Waals surface area contributed by atoms with Crippen molar-refractivity contribution in [2.45, 2.75) is 9.79 Å². The first-order valence-electron chi connectivity index (χ1n) is 2.31. The van der Waals surface area contributed by atoms with Crippen LogP contribution in [0.15, 0.2) is 26.8 Å². The summed E-state index contributed by atoms with van der Waals surface area (Å²) in [6.45, 7) is 0. The molecular formula is C5H5NOS2. The van der Waals surface area contributed by atoms with E-state index in [0.717, 1.165) is 0 Å². The van der Waals surface area contributed by atoms with Gasteiger partial charge in [-0.05, 0) is 6.07 Å². The lowest BCUT2D eigenvalue weighted by Crippen LogP contribution is -2.05. The third kappa shape index (κ3) is 1.31. The van der Waals surface area contributed by atoms with E-state index in [0.29, 0.717) is 9.79 Å². The maximum Gasteiger partial charge on any atom is 0.262 e. The molecule has 0 saturated heterocycles. The average Bonchev–Trinajstić information content (AvgIpc) is 1.83. The Balaban J connectivity index is 3.43. The maximum absolute atomic E-state index is 10.7. The lowest BCUT2D eigenvalue weighted by molar-refractivity contribution is 1.07. The fourth-order valence-corrected chi connectivity index (χ4v) is 0.775. The highest BCUT2D eigenvalue weighted by atomic mass is 32.1. The normalized spacial score (nSPS) is 9.56. The first kappa shape index (κ1) is 6.77. The zero-order valence-electron chi connectivity index (χ0n) is 4.46. The first-order valence-corrected chi connectivity index (χ1v) is 3.21. The van der Waals surface area contributed by atoms with E-state index in [1.807, 2.05) is 0 Å². The lowest BCUT2D eigenvalue weighted by Gasteiger charge is -1.91. The second-order valence-electron chi connectivity index (χ2n) is 1.54. The quantitative estimate of drug-likeness (QED) is 0.484. The van der Waals surface area contributed by atoms with Gasteiger partial charge in [-0.15, -0.1) is 25.3 Å². The Hall–Kier alpha value is -0.350. The Morgan fingerprint density at radius 1 is 1.44 bits per heavy atom. The molecule has 9 heavy (non-hydrogen) atoms. The number of aromatic nitrogens is 1. The number of hydrogen-bond acceptors (Lipinski definition) is 3. The second kappa shape index (κ2) is 2.49. The molecule has 0 aromatic carbocycles. The van der Waals surface area contributed by atoms with Gasteiger partial charge in [0.05, 0.1) is 4.90 Å². The van der Waals surface area contributed by atoms with Crippen molar-refractivity contribution in [2.24, 2.45) is 0 Å². The summed E-state index contributed by atoms with van der Waals surface area (Å²) in [5, 5.41) is 0. The number of aromatic amines is 1. The van der Waals surface area contributed by atoms with Crippen LogP contribution in [0, 0.1) is 0 Å². The molecule has 4 heteroatoms. The number of hydrogen-bond donors (Lipinski definition) is 3. The van der Waals surface area contributed by atoms with Gasteiger partial charge in [0, 0.05) is 11.1 Å². The van der Waals surface area contributed by atoms with E-state index in [1.54, 1.807) is 6.07 Å². The predicted octanol–water partition coefficient (Wildman–Crippen LogP) is 0.952. The highest BCUT2D eigenvalue weighted by Crippen LogP contribution is 2.09. The summed E-state index contributed by atoms with van der Waals surface area (Å²) < 4.78 is 0. The fourth-order valence-electron chi connectivity index (χ4n) is 0.460. The average molecular weight is 159 g/mol. The minimum Gasteiger partial charge on any atom is -0.328 e. The van der Waals surface area contributed by atoms with Crippen LogP contribution in [-0.4, -0.2) is 4.98 Å². The molecule has 0 saturated carbocycles. The summed E-state index contributed by atoms with van der Waals surface area (Å²) in [5.74, 6) is 0. The molecule has 0 atom stereocenters. The zero-order valence-corrected chi connectivity index (χ0v) is 6.25. The van der Waals surface area contributed by atoms with E-state index in [9.17, 15) is 4.79 Å². The SMILES string of the molecule is O=c1[nH]ccc(S)c1S. The largest absolute Gasteiger partial charge is 0.328 e. The number of rotatable bonds is 0. The van der Waals surface area contributed by atoms with E-state index in [4.69, 9.17) is 0 Å². The number of H-pyrrole nitrogens is 1. The van der Waals surface area contributed by atoms with Crippen molar-refractivity contribution in [3.05, 3.63) is 22.6 Å². The highest BCUT2D eigenvalue weighted by molar-refractivity contribution is 7.83. The van der Waals surface area contributed by atoms with Crippen LogP contribution in [0.3, 0.4) is 0 Å². The van der Waals surface area contributed by atoms with Crippen molar-refractivity contribution in [3.8, 4) is 0 Å². The molecule has 1 aromatic rings. The molecule has 0 aliphatic heterocycles. The van der Waals surface area contributed by atoms with Crippen LogP contribution in [0.4, 0.5) is 0 Å². The Labute approximate surface area is 63.1 Å². The topological polar surface area (TPSA) is 32.9 Å². The van der Waals surface area contributed by atoms with Crippen molar-refractivity contribution in [3.63, 3.8) is 0 Å².